The Kier molecular flexibility index (Phi) is 5.32. The number of carbonyl (C=O) groups excluding carboxylic acids is 1. The summed E-state index contributed by atoms with van der Waals surface area (Å²) in [5.41, 5.74) is 1.68. The average Bonchev–Trinajstić information content (AvgIpc) is 3.27. The second kappa shape index (κ2) is 7.83. The van der Waals surface area contributed by atoms with E-state index in [1.807, 2.05) is 24.3 Å². The monoisotopic (exact) mass is 385 g/mol. The van der Waals surface area contributed by atoms with E-state index in [4.69, 9.17) is 0 Å². The predicted molar refractivity (Wildman–Crippen MR) is 102 cm³/mol. The van der Waals surface area contributed by atoms with E-state index in [9.17, 15) is 24.8 Å². The number of aromatic amines is 1. The van der Waals surface area contributed by atoms with Crippen molar-refractivity contribution in [1.29, 1.82) is 0 Å². The Morgan fingerprint density at radius 2 is 2.07 bits per heavy atom. The highest BCUT2D eigenvalue weighted by Gasteiger charge is 2.21. The van der Waals surface area contributed by atoms with Crippen molar-refractivity contribution in [2.45, 2.75) is 12.5 Å². The number of hydrogen-bond acceptors (Lipinski definition) is 5. The normalized spacial score (nSPS) is 12.3. The fraction of sp³-hybridized carbons (Fsp3) is 0.111. The van der Waals surface area contributed by atoms with Gasteiger partial charge < -0.3 is 15.4 Å². The van der Waals surface area contributed by atoms with Crippen LogP contribution in [0.25, 0.3) is 17.0 Å². The van der Waals surface area contributed by atoms with Crippen LogP contribution in [0.4, 0.5) is 5.00 Å². The molecule has 0 aliphatic carbocycles. The molecule has 0 bridgehead atoms. The van der Waals surface area contributed by atoms with Crippen LogP contribution in [0.2, 0.25) is 0 Å². The molecule has 9 heteroatoms. The number of carboxylic acid groups (broad SMARTS) is 1. The van der Waals surface area contributed by atoms with Gasteiger partial charge in [0.1, 0.15) is 6.04 Å². The van der Waals surface area contributed by atoms with Crippen molar-refractivity contribution < 1.29 is 19.6 Å². The second-order valence-electron chi connectivity index (χ2n) is 5.73. The van der Waals surface area contributed by atoms with Gasteiger partial charge in [-0.3, -0.25) is 14.9 Å². The molecule has 0 spiro atoms. The number of nitrogens with one attached hydrogen (secondary N) is 2. The van der Waals surface area contributed by atoms with Crippen LogP contribution in [0, 0.1) is 10.1 Å². The summed E-state index contributed by atoms with van der Waals surface area (Å²) in [6, 6.07) is 9.27. The number of carbonyl (C=O) groups is 2. The molecule has 0 radical (unpaired) electrons. The zero-order valence-electron chi connectivity index (χ0n) is 13.9. The molecule has 0 aliphatic heterocycles. The van der Waals surface area contributed by atoms with Crippen LogP contribution < -0.4 is 5.32 Å². The Morgan fingerprint density at radius 1 is 1.30 bits per heavy atom. The Morgan fingerprint density at radius 3 is 2.78 bits per heavy atom. The number of aliphatic carboxylic acids is 1. The molecule has 2 heterocycles. The van der Waals surface area contributed by atoms with E-state index in [-0.39, 0.29) is 11.4 Å². The molecule has 0 fully saturated rings. The molecular formula is C18H15N3O5S. The highest BCUT2D eigenvalue weighted by Crippen LogP contribution is 2.24. The van der Waals surface area contributed by atoms with E-state index in [0.29, 0.717) is 4.88 Å². The first kappa shape index (κ1) is 18.3. The molecule has 0 saturated carbocycles. The number of nitrogens with zero attached hydrogens (tertiary/aromatic N) is 1. The molecule has 27 heavy (non-hydrogen) atoms. The zero-order chi connectivity index (χ0) is 19.4. The first-order valence-electron chi connectivity index (χ1n) is 7.94. The van der Waals surface area contributed by atoms with E-state index < -0.39 is 22.8 Å². The molecule has 0 aliphatic rings. The molecule has 1 atom stereocenters. The van der Waals surface area contributed by atoms with Crippen molar-refractivity contribution >= 4 is 45.2 Å². The largest absolute Gasteiger partial charge is 0.480 e. The van der Waals surface area contributed by atoms with Gasteiger partial charge in [-0.25, -0.2) is 4.79 Å². The summed E-state index contributed by atoms with van der Waals surface area (Å²) >= 11 is 0.927. The van der Waals surface area contributed by atoms with Crippen LogP contribution in [0.1, 0.15) is 10.4 Å². The van der Waals surface area contributed by atoms with Gasteiger partial charge in [-0.15, -0.1) is 0 Å². The van der Waals surface area contributed by atoms with Crippen LogP contribution in [0.15, 0.2) is 48.7 Å². The van der Waals surface area contributed by atoms with Gasteiger partial charge in [-0.05, 0) is 23.8 Å². The molecule has 1 unspecified atom stereocenters. The molecule has 3 aromatic rings. The molecular weight excluding hydrogens is 370 g/mol. The van der Waals surface area contributed by atoms with Crippen molar-refractivity contribution in [2.75, 3.05) is 0 Å². The smallest absolute Gasteiger partial charge is 0.326 e. The number of aromatic nitrogens is 1. The van der Waals surface area contributed by atoms with E-state index in [1.165, 1.54) is 24.3 Å². The van der Waals surface area contributed by atoms with Gasteiger partial charge in [0.25, 0.3) is 0 Å². The summed E-state index contributed by atoms with van der Waals surface area (Å²) in [7, 11) is 0. The molecule has 2 aromatic heterocycles. The number of para-hydroxylation sites is 1. The predicted octanol–water partition coefficient (Wildman–Crippen LogP) is 2.96. The summed E-state index contributed by atoms with van der Waals surface area (Å²) in [6.45, 7) is 0. The number of hydrogen-bond donors (Lipinski definition) is 3. The number of thiophene rings is 1. The topological polar surface area (TPSA) is 125 Å². The molecule has 8 nitrogen and oxygen atoms in total. The van der Waals surface area contributed by atoms with Gasteiger partial charge in [0.05, 0.1) is 4.92 Å². The third-order valence-electron chi connectivity index (χ3n) is 3.91. The van der Waals surface area contributed by atoms with E-state index in [1.54, 1.807) is 6.20 Å². The lowest BCUT2D eigenvalue weighted by Gasteiger charge is -2.12. The van der Waals surface area contributed by atoms with Crippen molar-refractivity contribution in [3.63, 3.8) is 0 Å². The summed E-state index contributed by atoms with van der Waals surface area (Å²) < 4.78 is 0. The van der Waals surface area contributed by atoms with Gasteiger partial charge in [-0.2, -0.15) is 0 Å². The molecule has 1 amide bonds. The van der Waals surface area contributed by atoms with Gasteiger partial charge in [0.2, 0.25) is 5.91 Å². The lowest BCUT2D eigenvalue weighted by molar-refractivity contribution is -0.380. The molecule has 138 valence electrons. The molecule has 3 N–H and O–H groups in total. The summed E-state index contributed by atoms with van der Waals surface area (Å²) in [6.07, 6.45) is 4.44. The van der Waals surface area contributed by atoms with Crippen LogP contribution in [-0.2, 0) is 16.0 Å². The maximum atomic E-state index is 12.1. The number of amides is 1. The lowest BCUT2D eigenvalue weighted by Crippen LogP contribution is -2.41. The minimum Gasteiger partial charge on any atom is -0.480 e. The van der Waals surface area contributed by atoms with Crippen LogP contribution >= 0.6 is 11.3 Å². The lowest BCUT2D eigenvalue weighted by atomic mass is 10.0. The van der Waals surface area contributed by atoms with Crippen molar-refractivity contribution in [3.05, 3.63) is 69.2 Å². The summed E-state index contributed by atoms with van der Waals surface area (Å²) in [5, 5.41) is 23.4. The standard InChI is InChI=1S/C18H15N3O5S/c22-16(7-5-12-6-8-17(27-12)21(25)26)20-15(18(23)24)9-11-10-19-14-4-2-1-3-13(11)14/h1-8,10,15,19H,9H2,(H,20,22)(H,23,24)/b7-5+. The third kappa shape index (κ3) is 4.39. The quantitative estimate of drug-likeness (QED) is 0.327. The SMILES string of the molecule is O=C(/C=C/c1ccc([N+](=O)[O-])s1)NC(Cc1c[nH]c2ccccc12)C(=O)O. The van der Waals surface area contributed by atoms with Gasteiger partial charge in [0.15, 0.2) is 0 Å². The Labute approximate surface area is 157 Å². The maximum Gasteiger partial charge on any atom is 0.326 e. The number of rotatable bonds is 7. The van der Waals surface area contributed by atoms with Gasteiger partial charge in [0, 0.05) is 40.5 Å². The van der Waals surface area contributed by atoms with E-state index in [0.717, 1.165) is 27.8 Å². The second-order valence-corrected chi connectivity index (χ2v) is 6.82. The Hall–Kier alpha value is -3.46. The average molecular weight is 385 g/mol. The van der Waals surface area contributed by atoms with Crippen molar-refractivity contribution in [1.82, 2.24) is 10.3 Å². The van der Waals surface area contributed by atoms with E-state index in [2.05, 4.69) is 10.3 Å². The van der Waals surface area contributed by atoms with Gasteiger partial charge in [-0.1, -0.05) is 29.5 Å². The number of nitro groups is 1. The minimum absolute atomic E-state index is 0.0298. The van der Waals surface area contributed by atoms with Crippen LogP contribution in [0.3, 0.4) is 0 Å². The first-order valence-corrected chi connectivity index (χ1v) is 8.76. The maximum absolute atomic E-state index is 12.1. The minimum atomic E-state index is -1.14. The highest BCUT2D eigenvalue weighted by molar-refractivity contribution is 7.16. The van der Waals surface area contributed by atoms with Crippen molar-refractivity contribution in [3.8, 4) is 0 Å². The first-order chi connectivity index (χ1) is 12.9. The number of carboxylic acids is 1. The third-order valence-corrected chi connectivity index (χ3v) is 4.91. The Bertz CT molecular complexity index is 1040. The molecule has 0 saturated heterocycles. The summed E-state index contributed by atoms with van der Waals surface area (Å²) in [4.78, 5) is 37.3. The van der Waals surface area contributed by atoms with Gasteiger partial charge >= 0.3 is 11.0 Å². The number of benzene rings is 1. The molecule has 1 aromatic carbocycles. The van der Waals surface area contributed by atoms with Crippen LogP contribution in [0.5, 0.6) is 0 Å². The van der Waals surface area contributed by atoms with E-state index >= 15 is 0 Å². The Balaban J connectivity index is 1.68. The molecule has 3 rings (SSSR count). The highest BCUT2D eigenvalue weighted by atomic mass is 32.1. The summed E-state index contributed by atoms with van der Waals surface area (Å²) in [5.74, 6) is -1.73. The fourth-order valence-corrected chi connectivity index (χ4v) is 3.35. The fourth-order valence-electron chi connectivity index (χ4n) is 2.63. The number of H-pyrrole nitrogens is 1. The zero-order valence-corrected chi connectivity index (χ0v) is 14.7. The number of fused-ring (bicyclic) bond motifs is 1. The van der Waals surface area contributed by atoms with Crippen LogP contribution in [-0.4, -0.2) is 32.9 Å². The van der Waals surface area contributed by atoms with Crippen molar-refractivity contribution in [2.24, 2.45) is 0 Å².